The molecule has 8 heteroatoms. The van der Waals surface area contributed by atoms with E-state index in [1.165, 1.54) is 12.1 Å². The number of fused-ring (bicyclic) bond motifs is 1. The third-order valence-electron chi connectivity index (χ3n) is 4.17. The van der Waals surface area contributed by atoms with Gasteiger partial charge in [0.25, 0.3) is 5.91 Å². The number of methoxy groups -OCH3 is 1. The van der Waals surface area contributed by atoms with Crippen LogP contribution in [-0.2, 0) is 6.18 Å². The van der Waals surface area contributed by atoms with Crippen LogP contribution in [0.1, 0.15) is 21.7 Å². The molecule has 5 nitrogen and oxygen atoms in total. The molecule has 3 aromatic rings. The van der Waals surface area contributed by atoms with Crippen LogP contribution in [0.15, 0.2) is 46.9 Å². The fourth-order valence-corrected chi connectivity index (χ4v) is 2.72. The molecule has 0 aliphatic rings. The lowest BCUT2D eigenvalue weighted by atomic mass is 10.1. The number of carbonyl (C=O) groups is 1. The third kappa shape index (κ3) is 4.21. The first-order chi connectivity index (χ1) is 13.3. The van der Waals surface area contributed by atoms with E-state index in [0.29, 0.717) is 16.9 Å². The summed E-state index contributed by atoms with van der Waals surface area (Å²) in [5, 5.41) is 3.40. The van der Waals surface area contributed by atoms with Crippen LogP contribution in [0, 0.1) is 6.92 Å². The average molecular weight is 393 g/mol. The molecule has 0 spiro atoms. The largest absolute Gasteiger partial charge is 0.497 e. The minimum absolute atomic E-state index is 0.0140. The highest BCUT2D eigenvalue weighted by Gasteiger charge is 2.30. The van der Waals surface area contributed by atoms with Crippen LogP contribution >= 0.6 is 0 Å². The first-order valence-electron chi connectivity index (χ1n) is 8.45. The van der Waals surface area contributed by atoms with Crippen molar-refractivity contribution in [3.63, 3.8) is 0 Å². The fraction of sp³-hybridized carbons (Fsp3) is 0.250. The second-order valence-electron chi connectivity index (χ2n) is 6.05. The summed E-state index contributed by atoms with van der Waals surface area (Å²) in [6.45, 7) is 1.88. The van der Waals surface area contributed by atoms with Gasteiger partial charge >= 0.3 is 6.18 Å². The number of rotatable bonds is 6. The average Bonchev–Trinajstić information content (AvgIpc) is 3.01. The highest BCUT2D eigenvalue weighted by atomic mass is 19.4. The molecule has 0 unspecified atom stereocenters. The number of amides is 1. The van der Waals surface area contributed by atoms with Gasteiger partial charge in [0.2, 0.25) is 0 Å². The minimum Gasteiger partial charge on any atom is -0.497 e. The smallest absolute Gasteiger partial charge is 0.416 e. The van der Waals surface area contributed by atoms with Crippen LogP contribution in [0.4, 0.5) is 13.2 Å². The number of furan rings is 1. The van der Waals surface area contributed by atoms with Gasteiger partial charge in [-0.2, -0.15) is 13.2 Å². The lowest BCUT2D eigenvalue weighted by Gasteiger charge is -2.10. The summed E-state index contributed by atoms with van der Waals surface area (Å²) in [5.41, 5.74) is 0.441. The molecule has 148 valence electrons. The van der Waals surface area contributed by atoms with Crippen molar-refractivity contribution in [2.75, 3.05) is 20.3 Å². The Morgan fingerprint density at radius 2 is 1.93 bits per heavy atom. The molecule has 0 saturated carbocycles. The lowest BCUT2D eigenvalue weighted by molar-refractivity contribution is -0.137. The summed E-state index contributed by atoms with van der Waals surface area (Å²) in [6, 6.07) is 9.80. The quantitative estimate of drug-likeness (QED) is 0.623. The maximum Gasteiger partial charge on any atom is 0.416 e. The van der Waals surface area contributed by atoms with E-state index in [9.17, 15) is 18.0 Å². The molecule has 2 aromatic carbocycles. The van der Waals surface area contributed by atoms with Crippen LogP contribution in [0.2, 0.25) is 0 Å². The summed E-state index contributed by atoms with van der Waals surface area (Å²) < 4.78 is 54.1. The lowest BCUT2D eigenvalue weighted by Crippen LogP contribution is -2.28. The molecule has 0 saturated heterocycles. The van der Waals surface area contributed by atoms with Crippen molar-refractivity contribution in [3.8, 4) is 11.5 Å². The van der Waals surface area contributed by atoms with E-state index in [4.69, 9.17) is 13.9 Å². The Kier molecular flexibility index (Phi) is 5.48. The molecule has 1 aromatic heterocycles. The SMILES string of the molecule is COc1ccc2oc(C(=O)NCCOc3cccc(C(F)(F)F)c3)c(C)c2c1. The molecular formula is C20H18F3NO4. The molecular weight excluding hydrogens is 375 g/mol. The van der Waals surface area contributed by atoms with E-state index >= 15 is 0 Å². The van der Waals surface area contributed by atoms with Crippen molar-refractivity contribution in [2.45, 2.75) is 13.1 Å². The van der Waals surface area contributed by atoms with Crippen molar-refractivity contribution < 1.29 is 31.9 Å². The Balaban J connectivity index is 1.59. The Hall–Kier alpha value is -3.16. The maximum atomic E-state index is 12.7. The first-order valence-corrected chi connectivity index (χ1v) is 8.45. The number of halogens is 3. The molecule has 1 N–H and O–H groups in total. The van der Waals surface area contributed by atoms with Gasteiger partial charge in [0.1, 0.15) is 23.7 Å². The van der Waals surface area contributed by atoms with Gasteiger partial charge in [-0.05, 0) is 43.3 Å². The Morgan fingerprint density at radius 1 is 1.14 bits per heavy atom. The number of carbonyl (C=O) groups excluding carboxylic acids is 1. The van der Waals surface area contributed by atoms with E-state index in [-0.39, 0.29) is 24.7 Å². The second-order valence-corrected chi connectivity index (χ2v) is 6.05. The van der Waals surface area contributed by atoms with E-state index in [1.807, 2.05) is 0 Å². The number of hydrogen-bond acceptors (Lipinski definition) is 4. The zero-order chi connectivity index (χ0) is 20.3. The van der Waals surface area contributed by atoms with E-state index in [2.05, 4.69) is 5.32 Å². The van der Waals surface area contributed by atoms with Gasteiger partial charge in [0, 0.05) is 10.9 Å². The topological polar surface area (TPSA) is 60.7 Å². The Labute approximate surface area is 159 Å². The predicted molar refractivity (Wildman–Crippen MR) is 96.8 cm³/mol. The molecule has 0 aliphatic carbocycles. The normalized spacial score (nSPS) is 11.5. The van der Waals surface area contributed by atoms with Crippen LogP contribution in [-0.4, -0.2) is 26.2 Å². The van der Waals surface area contributed by atoms with Crippen molar-refractivity contribution in [2.24, 2.45) is 0 Å². The van der Waals surface area contributed by atoms with Gasteiger partial charge in [-0.3, -0.25) is 4.79 Å². The number of alkyl halides is 3. The molecule has 28 heavy (non-hydrogen) atoms. The molecule has 3 rings (SSSR count). The van der Waals surface area contributed by atoms with Crippen LogP contribution in [0.25, 0.3) is 11.0 Å². The molecule has 0 fully saturated rings. The van der Waals surface area contributed by atoms with Crippen molar-refractivity contribution >= 4 is 16.9 Å². The number of nitrogens with one attached hydrogen (secondary N) is 1. The van der Waals surface area contributed by atoms with Crippen molar-refractivity contribution in [1.29, 1.82) is 0 Å². The van der Waals surface area contributed by atoms with Gasteiger partial charge < -0.3 is 19.2 Å². The van der Waals surface area contributed by atoms with Crippen LogP contribution < -0.4 is 14.8 Å². The number of ether oxygens (including phenoxy) is 2. The standard InChI is InChI=1S/C20H18F3NO4/c1-12-16-11-14(26-2)6-7-17(16)28-18(12)19(25)24-8-9-27-15-5-3-4-13(10-15)20(21,22)23/h3-7,10-11H,8-9H2,1-2H3,(H,24,25). The Morgan fingerprint density at radius 3 is 2.64 bits per heavy atom. The first kappa shape index (κ1) is 19.6. The van der Waals surface area contributed by atoms with Gasteiger partial charge in [0.15, 0.2) is 5.76 Å². The molecule has 0 atom stereocenters. The molecule has 1 amide bonds. The fourth-order valence-electron chi connectivity index (χ4n) is 2.72. The van der Waals surface area contributed by atoms with Crippen LogP contribution in [0.3, 0.4) is 0 Å². The van der Waals surface area contributed by atoms with E-state index in [0.717, 1.165) is 17.5 Å². The summed E-state index contributed by atoms with van der Waals surface area (Å²) >= 11 is 0. The van der Waals surface area contributed by atoms with E-state index in [1.54, 1.807) is 32.2 Å². The highest BCUT2D eigenvalue weighted by Crippen LogP contribution is 2.31. The Bertz CT molecular complexity index is 995. The number of aryl methyl sites for hydroxylation is 1. The van der Waals surface area contributed by atoms with Crippen LogP contribution in [0.5, 0.6) is 11.5 Å². The van der Waals surface area contributed by atoms with Gasteiger partial charge in [0.05, 0.1) is 19.2 Å². The molecule has 0 aliphatic heterocycles. The second kappa shape index (κ2) is 7.84. The van der Waals surface area contributed by atoms with Crippen molar-refractivity contribution in [1.82, 2.24) is 5.32 Å². The summed E-state index contributed by atoms with van der Waals surface area (Å²) in [5.74, 6) is 0.469. The summed E-state index contributed by atoms with van der Waals surface area (Å²) in [7, 11) is 1.55. The van der Waals surface area contributed by atoms with Gasteiger partial charge in [-0.1, -0.05) is 6.07 Å². The van der Waals surface area contributed by atoms with Crippen molar-refractivity contribution in [3.05, 3.63) is 59.4 Å². The molecule has 0 radical (unpaired) electrons. The van der Waals surface area contributed by atoms with E-state index < -0.39 is 17.6 Å². The number of hydrogen-bond donors (Lipinski definition) is 1. The predicted octanol–water partition coefficient (Wildman–Crippen LogP) is 4.58. The minimum atomic E-state index is -4.44. The summed E-state index contributed by atoms with van der Waals surface area (Å²) in [6.07, 6.45) is -4.44. The maximum absolute atomic E-state index is 12.7. The number of benzene rings is 2. The zero-order valence-electron chi connectivity index (χ0n) is 15.2. The molecule has 0 bridgehead atoms. The monoisotopic (exact) mass is 393 g/mol. The molecule has 1 heterocycles. The summed E-state index contributed by atoms with van der Waals surface area (Å²) in [4.78, 5) is 12.3. The zero-order valence-corrected chi connectivity index (χ0v) is 15.2. The van der Waals surface area contributed by atoms with Gasteiger partial charge in [-0.15, -0.1) is 0 Å². The highest BCUT2D eigenvalue weighted by molar-refractivity contribution is 5.99. The third-order valence-corrected chi connectivity index (χ3v) is 4.17. The van der Waals surface area contributed by atoms with Gasteiger partial charge in [-0.25, -0.2) is 0 Å².